The number of hydrogen-bond acceptors (Lipinski definition) is 0. The topological polar surface area (TPSA) is 0 Å². The van der Waals surface area contributed by atoms with Gasteiger partial charge in [0.25, 0.3) is 0 Å². The van der Waals surface area contributed by atoms with Crippen LogP contribution in [0.25, 0.3) is 0 Å². The molecule has 0 amide bonds. The Balaban J connectivity index is 4.33. The van der Waals surface area contributed by atoms with Gasteiger partial charge in [0.1, 0.15) is 0 Å². The van der Waals surface area contributed by atoms with Gasteiger partial charge in [0.15, 0.2) is 0 Å². The maximum Gasteiger partial charge on any atom is -0.0203 e. The SMILES string of the molecule is C=C(C)/C=C(\C)C(CC)CC(C)CC. The summed E-state index contributed by atoms with van der Waals surface area (Å²) >= 11 is 0. The Hall–Kier alpha value is -0.520. The van der Waals surface area contributed by atoms with Gasteiger partial charge in [0.05, 0.1) is 0 Å². The summed E-state index contributed by atoms with van der Waals surface area (Å²) in [7, 11) is 0. The molecule has 0 heterocycles. The highest BCUT2D eigenvalue weighted by Crippen LogP contribution is 2.25. The highest BCUT2D eigenvalue weighted by atomic mass is 14.2. The highest BCUT2D eigenvalue weighted by molar-refractivity contribution is 5.19. The Morgan fingerprint density at radius 1 is 1.21 bits per heavy atom. The normalized spacial score (nSPS) is 16.5. The van der Waals surface area contributed by atoms with Gasteiger partial charge >= 0.3 is 0 Å². The predicted molar refractivity (Wildman–Crippen MR) is 66.4 cm³/mol. The van der Waals surface area contributed by atoms with Crippen LogP contribution in [0, 0.1) is 11.8 Å². The van der Waals surface area contributed by atoms with E-state index in [9.17, 15) is 0 Å². The Kier molecular flexibility index (Phi) is 6.61. The third-order valence-electron chi connectivity index (χ3n) is 2.99. The van der Waals surface area contributed by atoms with Gasteiger partial charge in [-0.3, -0.25) is 0 Å². The van der Waals surface area contributed by atoms with Gasteiger partial charge in [-0.25, -0.2) is 0 Å². The first-order chi connectivity index (χ1) is 6.51. The van der Waals surface area contributed by atoms with E-state index >= 15 is 0 Å². The lowest BCUT2D eigenvalue weighted by Gasteiger charge is -2.19. The van der Waals surface area contributed by atoms with Crippen LogP contribution in [0.1, 0.15) is 53.9 Å². The summed E-state index contributed by atoms with van der Waals surface area (Å²) in [6.07, 6.45) is 6.09. The van der Waals surface area contributed by atoms with Crippen LogP contribution in [0.4, 0.5) is 0 Å². The maximum absolute atomic E-state index is 3.93. The van der Waals surface area contributed by atoms with E-state index in [1.165, 1.54) is 30.4 Å². The average molecular weight is 194 g/mol. The zero-order valence-electron chi connectivity index (χ0n) is 10.6. The second kappa shape index (κ2) is 6.86. The lowest BCUT2D eigenvalue weighted by atomic mass is 9.86. The lowest BCUT2D eigenvalue weighted by Crippen LogP contribution is -2.06. The summed E-state index contributed by atoms with van der Waals surface area (Å²) in [4.78, 5) is 0. The lowest BCUT2D eigenvalue weighted by molar-refractivity contribution is 0.413. The largest absolute Gasteiger partial charge is 0.0961 e. The number of hydrogen-bond donors (Lipinski definition) is 0. The van der Waals surface area contributed by atoms with Gasteiger partial charge in [-0.2, -0.15) is 0 Å². The first-order valence-electron chi connectivity index (χ1n) is 5.84. The molecule has 2 atom stereocenters. The molecule has 0 heteroatoms. The Bertz CT molecular complexity index is 198. The molecule has 82 valence electrons. The van der Waals surface area contributed by atoms with Crippen molar-refractivity contribution in [2.24, 2.45) is 11.8 Å². The van der Waals surface area contributed by atoms with Gasteiger partial charge in [-0.05, 0) is 38.5 Å². The quantitative estimate of drug-likeness (QED) is 0.524. The molecule has 0 aromatic rings. The molecular formula is C14H26. The fraction of sp³-hybridized carbons (Fsp3) is 0.714. The van der Waals surface area contributed by atoms with Crippen molar-refractivity contribution < 1.29 is 0 Å². The maximum atomic E-state index is 3.93. The minimum Gasteiger partial charge on any atom is -0.0961 e. The fourth-order valence-corrected chi connectivity index (χ4v) is 1.83. The molecule has 0 spiro atoms. The van der Waals surface area contributed by atoms with E-state index in [4.69, 9.17) is 0 Å². The van der Waals surface area contributed by atoms with E-state index in [-0.39, 0.29) is 0 Å². The van der Waals surface area contributed by atoms with Crippen LogP contribution in [0.2, 0.25) is 0 Å². The average Bonchev–Trinajstić information content (AvgIpc) is 2.12. The molecule has 0 aliphatic carbocycles. The Morgan fingerprint density at radius 2 is 1.79 bits per heavy atom. The van der Waals surface area contributed by atoms with Crippen molar-refractivity contribution in [3.63, 3.8) is 0 Å². The molecule has 2 unspecified atom stereocenters. The molecule has 0 rings (SSSR count). The van der Waals surface area contributed by atoms with Crippen LogP contribution >= 0.6 is 0 Å². The molecule has 0 N–H and O–H groups in total. The predicted octanol–water partition coefficient (Wildman–Crippen LogP) is 4.97. The van der Waals surface area contributed by atoms with E-state index in [0.29, 0.717) is 0 Å². The molecule has 0 aromatic heterocycles. The molecule has 0 bridgehead atoms. The van der Waals surface area contributed by atoms with Crippen molar-refractivity contribution in [2.45, 2.75) is 53.9 Å². The first-order valence-corrected chi connectivity index (χ1v) is 5.84. The van der Waals surface area contributed by atoms with E-state index in [1.54, 1.807) is 0 Å². The highest BCUT2D eigenvalue weighted by Gasteiger charge is 2.11. The molecule has 0 saturated carbocycles. The third kappa shape index (κ3) is 5.26. The molecule has 0 fully saturated rings. The molecule has 0 aliphatic heterocycles. The summed E-state index contributed by atoms with van der Waals surface area (Å²) in [5.41, 5.74) is 2.67. The van der Waals surface area contributed by atoms with E-state index in [2.05, 4.69) is 47.3 Å². The van der Waals surface area contributed by atoms with Crippen molar-refractivity contribution in [2.75, 3.05) is 0 Å². The van der Waals surface area contributed by atoms with Gasteiger partial charge in [-0.1, -0.05) is 51.0 Å². The smallest absolute Gasteiger partial charge is 0.0203 e. The van der Waals surface area contributed by atoms with E-state index in [1.807, 2.05) is 0 Å². The van der Waals surface area contributed by atoms with Crippen molar-refractivity contribution in [1.29, 1.82) is 0 Å². The Morgan fingerprint density at radius 3 is 2.14 bits per heavy atom. The standard InChI is InChI=1S/C14H26/c1-7-12(5)10-14(8-2)13(6)9-11(3)4/h9,12,14H,3,7-8,10H2,1-2,4-6H3/b13-9+. The summed E-state index contributed by atoms with van der Waals surface area (Å²) < 4.78 is 0. The van der Waals surface area contributed by atoms with Crippen molar-refractivity contribution in [3.05, 3.63) is 23.8 Å². The van der Waals surface area contributed by atoms with E-state index in [0.717, 1.165) is 11.8 Å². The van der Waals surface area contributed by atoms with Gasteiger partial charge in [-0.15, -0.1) is 0 Å². The molecule has 14 heavy (non-hydrogen) atoms. The van der Waals surface area contributed by atoms with Crippen LogP contribution in [0.5, 0.6) is 0 Å². The summed E-state index contributed by atoms with van der Waals surface area (Å²) in [6.45, 7) is 15.1. The minimum absolute atomic E-state index is 0.752. The van der Waals surface area contributed by atoms with Crippen LogP contribution in [-0.4, -0.2) is 0 Å². The second-order valence-corrected chi connectivity index (χ2v) is 4.59. The third-order valence-corrected chi connectivity index (χ3v) is 2.99. The van der Waals surface area contributed by atoms with Crippen LogP contribution < -0.4 is 0 Å². The molecule has 0 radical (unpaired) electrons. The van der Waals surface area contributed by atoms with Crippen LogP contribution in [0.15, 0.2) is 23.8 Å². The molecule has 0 aliphatic rings. The van der Waals surface area contributed by atoms with Gasteiger partial charge in [0, 0.05) is 0 Å². The van der Waals surface area contributed by atoms with E-state index < -0.39 is 0 Å². The zero-order chi connectivity index (χ0) is 11.1. The Labute approximate surface area is 90.1 Å². The molecule has 0 nitrogen and oxygen atoms in total. The zero-order valence-corrected chi connectivity index (χ0v) is 10.6. The van der Waals surface area contributed by atoms with Crippen molar-refractivity contribution in [3.8, 4) is 0 Å². The fourth-order valence-electron chi connectivity index (χ4n) is 1.83. The summed E-state index contributed by atoms with van der Waals surface area (Å²) in [5, 5.41) is 0. The number of allylic oxidation sites excluding steroid dienone is 3. The van der Waals surface area contributed by atoms with Gasteiger partial charge in [0.2, 0.25) is 0 Å². The molecular weight excluding hydrogens is 168 g/mol. The van der Waals surface area contributed by atoms with Crippen LogP contribution in [0.3, 0.4) is 0 Å². The number of rotatable bonds is 6. The molecule has 0 saturated heterocycles. The second-order valence-electron chi connectivity index (χ2n) is 4.59. The van der Waals surface area contributed by atoms with Gasteiger partial charge < -0.3 is 0 Å². The summed E-state index contributed by atoms with van der Waals surface area (Å²) in [6, 6.07) is 0. The first kappa shape index (κ1) is 13.5. The monoisotopic (exact) mass is 194 g/mol. The minimum atomic E-state index is 0.752. The van der Waals surface area contributed by atoms with Crippen LogP contribution in [-0.2, 0) is 0 Å². The summed E-state index contributed by atoms with van der Waals surface area (Å²) in [5.74, 6) is 1.59. The molecule has 0 aromatic carbocycles. The van der Waals surface area contributed by atoms with Crippen molar-refractivity contribution in [1.82, 2.24) is 0 Å². The van der Waals surface area contributed by atoms with Crippen molar-refractivity contribution >= 4 is 0 Å².